The number of sulfonamides is 1. The average Bonchev–Trinajstić information content (AvgIpc) is 2.83. The van der Waals surface area contributed by atoms with Crippen molar-refractivity contribution >= 4 is 33.3 Å². The molecule has 8 heteroatoms. The van der Waals surface area contributed by atoms with Gasteiger partial charge in [-0.05, 0) is 67.1 Å². The van der Waals surface area contributed by atoms with Crippen LogP contribution >= 0.6 is 0 Å². The first-order valence-electron chi connectivity index (χ1n) is 10.1. The van der Waals surface area contributed by atoms with Crippen molar-refractivity contribution in [1.29, 1.82) is 0 Å². The highest BCUT2D eigenvalue weighted by atomic mass is 32.2. The molecule has 0 radical (unpaired) electrons. The number of carbonyl (C=O) groups is 2. The molecule has 0 unspecified atom stereocenters. The van der Waals surface area contributed by atoms with Gasteiger partial charge < -0.3 is 10.1 Å². The lowest BCUT2D eigenvalue weighted by atomic mass is 10.2. The molecule has 0 fully saturated rings. The summed E-state index contributed by atoms with van der Waals surface area (Å²) in [5, 5.41) is 2.72. The van der Waals surface area contributed by atoms with Crippen LogP contribution in [0.25, 0.3) is 0 Å². The topological polar surface area (TPSA) is 92.8 Å². The lowest BCUT2D eigenvalue weighted by Crippen LogP contribution is -2.26. The van der Waals surface area contributed by atoms with Crippen molar-refractivity contribution in [3.05, 3.63) is 90.0 Å². The Balaban J connectivity index is 1.68. The maximum Gasteiger partial charge on any atom is 0.338 e. The highest BCUT2D eigenvalue weighted by Crippen LogP contribution is 2.22. The van der Waals surface area contributed by atoms with Crippen LogP contribution < -0.4 is 9.62 Å². The second-order valence-corrected chi connectivity index (χ2v) is 8.97. The van der Waals surface area contributed by atoms with Gasteiger partial charge in [-0.2, -0.15) is 0 Å². The summed E-state index contributed by atoms with van der Waals surface area (Å²) in [6.07, 6.45) is 0.739. The highest BCUT2D eigenvalue weighted by Gasteiger charge is 2.21. The molecular formula is C24H24N2O5S. The van der Waals surface area contributed by atoms with E-state index in [-0.39, 0.29) is 4.90 Å². The average molecular weight is 453 g/mol. The van der Waals surface area contributed by atoms with Crippen molar-refractivity contribution in [1.82, 2.24) is 0 Å². The largest absolute Gasteiger partial charge is 0.462 e. The van der Waals surface area contributed by atoms with Crippen LogP contribution in [0.4, 0.5) is 11.4 Å². The molecule has 7 nitrogen and oxygen atoms in total. The predicted octanol–water partition coefficient (Wildman–Crippen LogP) is 4.33. The van der Waals surface area contributed by atoms with E-state index in [4.69, 9.17) is 4.74 Å². The molecule has 1 amide bonds. The molecule has 0 heterocycles. The van der Waals surface area contributed by atoms with E-state index in [2.05, 4.69) is 5.32 Å². The van der Waals surface area contributed by atoms with E-state index in [0.717, 1.165) is 6.42 Å². The van der Waals surface area contributed by atoms with E-state index in [9.17, 15) is 18.0 Å². The van der Waals surface area contributed by atoms with E-state index >= 15 is 0 Å². The Hall–Kier alpha value is -3.65. The lowest BCUT2D eigenvalue weighted by molar-refractivity contribution is 0.0505. The van der Waals surface area contributed by atoms with Gasteiger partial charge in [0.2, 0.25) is 0 Å². The van der Waals surface area contributed by atoms with Gasteiger partial charge >= 0.3 is 5.97 Å². The van der Waals surface area contributed by atoms with Crippen LogP contribution in [0.5, 0.6) is 0 Å². The van der Waals surface area contributed by atoms with Crippen molar-refractivity contribution in [2.75, 3.05) is 23.3 Å². The summed E-state index contributed by atoms with van der Waals surface area (Å²) in [5.41, 5.74) is 1.74. The van der Waals surface area contributed by atoms with Gasteiger partial charge in [0.25, 0.3) is 15.9 Å². The summed E-state index contributed by atoms with van der Waals surface area (Å²) in [4.78, 5) is 24.5. The smallest absolute Gasteiger partial charge is 0.338 e. The molecule has 0 atom stereocenters. The van der Waals surface area contributed by atoms with Crippen LogP contribution in [-0.4, -0.2) is 33.9 Å². The second kappa shape index (κ2) is 10.1. The monoisotopic (exact) mass is 452 g/mol. The van der Waals surface area contributed by atoms with Gasteiger partial charge in [-0.25, -0.2) is 13.2 Å². The summed E-state index contributed by atoms with van der Waals surface area (Å²) < 4.78 is 32.0. The van der Waals surface area contributed by atoms with Crippen LogP contribution in [0.15, 0.2) is 83.8 Å². The van der Waals surface area contributed by atoms with Gasteiger partial charge in [-0.3, -0.25) is 9.10 Å². The fourth-order valence-electron chi connectivity index (χ4n) is 2.88. The first kappa shape index (κ1) is 23.0. The van der Waals surface area contributed by atoms with E-state index in [1.807, 2.05) is 13.0 Å². The molecule has 3 aromatic rings. The number of amides is 1. The van der Waals surface area contributed by atoms with E-state index in [0.29, 0.717) is 29.1 Å². The number of esters is 1. The summed E-state index contributed by atoms with van der Waals surface area (Å²) in [6, 6.07) is 20.8. The van der Waals surface area contributed by atoms with Gasteiger partial charge in [0.15, 0.2) is 0 Å². The molecule has 0 aliphatic carbocycles. The van der Waals surface area contributed by atoms with Crippen LogP contribution in [0.2, 0.25) is 0 Å². The standard InChI is InChI=1S/C24H24N2O5S/c1-3-17-31-24(28)19-9-13-20(14-10-19)25-23(27)18-11-15-22(16-12-18)32(29,30)26(2)21-7-5-4-6-8-21/h4-16H,3,17H2,1-2H3,(H,25,27). The molecule has 3 aromatic carbocycles. The molecule has 0 spiro atoms. The number of hydrogen-bond acceptors (Lipinski definition) is 5. The number of nitrogens with zero attached hydrogens (tertiary/aromatic N) is 1. The number of para-hydroxylation sites is 1. The van der Waals surface area contributed by atoms with E-state index in [1.54, 1.807) is 48.5 Å². The Labute approximate surface area is 187 Å². The molecule has 0 saturated carbocycles. The number of carbonyl (C=O) groups excluding carboxylic acids is 2. The zero-order valence-corrected chi connectivity index (χ0v) is 18.6. The highest BCUT2D eigenvalue weighted by molar-refractivity contribution is 7.92. The van der Waals surface area contributed by atoms with Gasteiger partial charge in [-0.15, -0.1) is 0 Å². The molecule has 1 N–H and O–H groups in total. The second-order valence-electron chi connectivity index (χ2n) is 7.00. The number of hydrogen-bond donors (Lipinski definition) is 1. The van der Waals surface area contributed by atoms with Crippen molar-refractivity contribution in [2.24, 2.45) is 0 Å². The summed E-state index contributed by atoms with van der Waals surface area (Å²) in [7, 11) is -2.28. The fourth-order valence-corrected chi connectivity index (χ4v) is 4.08. The Morgan fingerprint density at radius 2 is 1.47 bits per heavy atom. The number of rotatable bonds is 8. The van der Waals surface area contributed by atoms with Crippen LogP contribution in [0.1, 0.15) is 34.1 Å². The van der Waals surface area contributed by atoms with Crippen molar-refractivity contribution in [3.63, 3.8) is 0 Å². The minimum atomic E-state index is -3.76. The van der Waals surface area contributed by atoms with E-state index in [1.165, 1.54) is 35.6 Å². The SMILES string of the molecule is CCCOC(=O)c1ccc(NC(=O)c2ccc(S(=O)(=O)N(C)c3ccccc3)cc2)cc1. The molecule has 3 rings (SSSR count). The normalized spacial score (nSPS) is 10.9. The number of anilines is 2. The predicted molar refractivity (Wildman–Crippen MR) is 123 cm³/mol. The molecule has 0 aliphatic rings. The zero-order chi connectivity index (χ0) is 23.1. The quantitative estimate of drug-likeness (QED) is 0.514. The van der Waals surface area contributed by atoms with Gasteiger partial charge in [0.1, 0.15) is 0 Å². The van der Waals surface area contributed by atoms with Crippen LogP contribution in [0.3, 0.4) is 0 Å². The third kappa shape index (κ3) is 5.33. The summed E-state index contributed by atoms with van der Waals surface area (Å²) >= 11 is 0. The first-order valence-corrected chi connectivity index (χ1v) is 11.5. The Morgan fingerprint density at radius 1 is 0.875 bits per heavy atom. The summed E-state index contributed by atoms with van der Waals surface area (Å²) in [6.45, 7) is 2.26. The third-order valence-electron chi connectivity index (χ3n) is 4.71. The van der Waals surface area contributed by atoms with Gasteiger partial charge in [0.05, 0.1) is 22.8 Å². The van der Waals surface area contributed by atoms with Crippen molar-refractivity contribution in [2.45, 2.75) is 18.2 Å². The Kier molecular flexibility index (Phi) is 7.27. The maximum absolute atomic E-state index is 12.8. The Morgan fingerprint density at radius 3 is 2.06 bits per heavy atom. The van der Waals surface area contributed by atoms with E-state index < -0.39 is 21.9 Å². The maximum atomic E-state index is 12.8. The molecule has 0 aromatic heterocycles. The molecule has 32 heavy (non-hydrogen) atoms. The molecule has 0 saturated heterocycles. The number of benzene rings is 3. The molecule has 0 bridgehead atoms. The van der Waals surface area contributed by atoms with Crippen molar-refractivity contribution < 1.29 is 22.7 Å². The minimum absolute atomic E-state index is 0.0790. The minimum Gasteiger partial charge on any atom is -0.462 e. The van der Waals surface area contributed by atoms with Crippen LogP contribution in [0, 0.1) is 0 Å². The fraction of sp³-hybridized carbons (Fsp3) is 0.167. The molecule has 0 aliphatic heterocycles. The molecule has 166 valence electrons. The Bertz CT molecular complexity index is 1180. The lowest BCUT2D eigenvalue weighted by Gasteiger charge is -2.19. The van der Waals surface area contributed by atoms with Gasteiger partial charge in [-0.1, -0.05) is 25.1 Å². The first-order chi connectivity index (χ1) is 15.3. The molecular weight excluding hydrogens is 428 g/mol. The summed E-state index contributed by atoms with van der Waals surface area (Å²) in [5.74, 6) is -0.811. The number of nitrogens with one attached hydrogen (secondary N) is 1. The number of ether oxygens (including phenoxy) is 1. The van der Waals surface area contributed by atoms with Crippen molar-refractivity contribution in [3.8, 4) is 0 Å². The van der Waals surface area contributed by atoms with Gasteiger partial charge in [0, 0.05) is 18.3 Å². The van der Waals surface area contributed by atoms with Crippen LogP contribution in [-0.2, 0) is 14.8 Å². The third-order valence-corrected chi connectivity index (χ3v) is 6.51. The zero-order valence-electron chi connectivity index (χ0n) is 17.8.